The molecule has 1 N–H and O–H groups in total. The van der Waals surface area contributed by atoms with E-state index in [2.05, 4.69) is 42.7 Å². The molecule has 1 aromatic heterocycles. The monoisotopic (exact) mass is 402 g/mol. The van der Waals surface area contributed by atoms with E-state index in [4.69, 9.17) is 10.1 Å². The third-order valence-electron chi connectivity index (χ3n) is 4.31. The molecular formula is C20H25BrN3O-. The van der Waals surface area contributed by atoms with Crippen molar-refractivity contribution in [2.45, 2.75) is 39.8 Å². The number of hydrogen-bond acceptors (Lipinski definition) is 2. The zero-order valence-corrected chi connectivity index (χ0v) is 16.4. The number of hydrogen-bond donors (Lipinski definition) is 1. The lowest BCUT2D eigenvalue weighted by Crippen LogP contribution is -3.00. The van der Waals surface area contributed by atoms with Gasteiger partial charge in [-0.05, 0) is 37.6 Å². The van der Waals surface area contributed by atoms with Gasteiger partial charge in [-0.1, -0.05) is 43.2 Å². The number of rotatable bonds is 7. The second-order valence-electron chi connectivity index (χ2n) is 6.13. The predicted molar refractivity (Wildman–Crippen MR) is 97.4 cm³/mol. The molecule has 134 valence electrons. The zero-order chi connectivity index (χ0) is 16.9. The lowest BCUT2D eigenvalue weighted by atomic mass is 10.2. The summed E-state index contributed by atoms with van der Waals surface area (Å²) in [5.41, 5.74) is 4.01. The van der Waals surface area contributed by atoms with E-state index in [1.807, 2.05) is 28.8 Å². The van der Waals surface area contributed by atoms with Crippen molar-refractivity contribution in [2.24, 2.45) is 0 Å². The summed E-state index contributed by atoms with van der Waals surface area (Å²) in [6, 6.07) is 16.3. The number of imidazole rings is 1. The fourth-order valence-corrected chi connectivity index (χ4v) is 2.95. The Kier molecular flexibility index (Phi) is 6.88. The fraction of sp³-hybridized carbons (Fsp3) is 0.350. The Morgan fingerprint density at radius 1 is 0.920 bits per heavy atom. The van der Waals surface area contributed by atoms with Gasteiger partial charge in [0.1, 0.15) is 12.4 Å². The Morgan fingerprint density at radius 2 is 1.52 bits per heavy atom. The summed E-state index contributed by atoms with van der Waals surface area (Å²) in [7, 11) is 0. The van der Waals surface area contributed by atoms with E-state index in [0.717, 1.165) is 36.2 Å². The third-order valence-corrected chi connectivity index (χ3v) is 4.31. The van der Waals surface area contributed by atoms with Crippen molar-refractivity contribution in [1.29, 1.82) is 5.41 Å². The highest BCUT2D eigenvalue weighted by Crippen LogP contribution is 2.15. The van der Waals surface area contributed by atoms with Crippen LogP contribution in [0.1, 0.15) is 25.3 Å². The molecule has 2 aromatic carbocycles. The molecule has 0 unspecified atom stereocenters. The van der Waals surface area contributed by atoms with Gasteiger partial charge in [0.2, 0.25) is 5.62 Å². The molecular weight excluding hydrogens is 378 g/mol. The van der Waals surface area contributed by atoms with Crippen LogP contribution in [0.2, 0.25) is 0 Å². The molecule has 5 heteroatoms. The molecule has 0 aliphatic heterocycles. The molecule has 4 nitrogen and oxygen atoms in total. The molecule has 0 saturated heterocycles. The van der Waals surface area contributed by atoms with Crippen LogP contribution in [0, 0.1) is 12.3 Å². The van der Waals surface area contributed by atoms with Crippen molar-refractivity contribution >= 4 is 11.0 Å². The van der Waals surface area contributed by atoms with Gasteiger partial charge in [-0.25, -0.2) is 0 Å². The van der Waals surface area contributed by atoms with Crippen LogP contribution in [0.15, 0.2) is 48.5 Å². The van der Waals surface area contributed by atoms with Crippen molar-refractivity contribution < 1.29 is 21.7 Å². The first kappa shape index (κ1) is 19.3. The number of fused-ring (bicyclic) bond motifs is 1. The van der Waals surface area contributed by atoms with Crippen LogP contribution >= 0.6 is 0 Å². The van der Waals surface area contributed by atoms with E-state index in [9.17, 15) is 0 Å². The van der Waals surface area contributed by atoms with Gasteiger partial charge in [0.25, 0.3) is 0 Å². The largest absolute Gasteiger partial charge is 1.00 e. The van der Waals surface area contributed by atoms with Crippen molar-refractivity contribution in [3.8, 4) is 5.75 Å². The van der Waals surface area contributed by atoms with Crippen LogP contribution in [-0.2, 0) is 13.1 Å². The van der Waals surface area contributed by atoms with Crippen molar-refractivity contribution in [3.63, 3.8) is 0 Å². The third kappa shape index (κ3) is 4.34. The first-order valence-corrected chi connectivity index (χ1v) is 8.63. The number of aromatic nitrogens is 2. The number of halogens is 1. The smallest absolute Gasteiger partial charge is 0.203 e. The Hall–Kier alpha value is -2.01. The number of nitrogens with one attached hydrogen (secondary N) is 1. The number of benzene rings is 2. The van der Waals surface area contributed by atoms with Crippen LogP contribution in [0.25, 0.3) is 11.0 Å². The Bertz CT molecular complexity index is 865. The van der Waals surface area contributed by atoms with Gasteiger partial charge < -0.3 is 30.9 Å². The maximum absolute atomic E-state index is 8.53. The molecule has 0 aliphatic carbocycles. The lowest BCUT2D eigenvalue weighted by molar-refractivity contribution is -0.00000573. The van der Waals surface area contributed by atoms with E-state index in [-0.39, 0.29) is 17.0 Å². The number of aryl methyl sites for hydroxylation is 2. The van der Waals surface area contributed by atoms with Gasteiger partial charge in [0, 0.05) is 6.54 Å². The van der Waals surface area contributed by atoms with E-state index in [1.165, 1.54) is 5.56 Å². The van der Waals surface area contributed by atoms with Gasteiger partial charge in [0.05, 0.1) is 17.6 Å². The van der Waals surface area contributed by atoms with Crippen molar-refractivity contribution in [2.75, 3.05) is 6.61 Å². The normalized spacial score (nSPS) is 10.6. The van der Waals surface area contributed by atoms with Crippen LogP contribution < -0.4 is 27.3 Å². The van der Waals surface area contributed by atoms with E-state index in [0.29, 0.717) is 18.8 Å². The number of unbranched alkanes of at least 4 members (excludes halogenated alkanes) is 1. The molecule has 0 atom stereocenters. The average molecular weight is 403 g/mol. The molecule has 0 fully saturated rings. The highest BCUT2D eigenvalue weighted by atomic mass is 79.9. The number of para-hydroxylation sites is 2. The number of ether oxygens (including phenoxy) is 1. The minimum Gasteiger partial charge on any atom is -1.00 e. The summed E-state index contributed by atoms with van der Waals surface area (Å²) in [6.45, 7) is 6.37. The highest BCUT2D eigenvalue weighted by molar-refractivity contribution is 5.75. The number of nitrogens with zero attached hydrogens (tertiary/aromatic N) is 2. The minimum absolute atomic E-state index is 0. The Labute approximate surface area is 159 Å². The molecule has 25 heavy (non-hydrogen) atoms. The van der Waals surface area contributed by atoms with Gasteiger partial charge in [-0.15, -0.1) is 0 Å². The Balaban J connectivity index is 0.00000225. The highest BCUT2D eigenvalue weighted by Gasteiger charge is 2.10. The molecule has 0 aliphatic rings. The maximum Gasteiger partial charge on any atom is 0.203 e. The maximum atomic E-state index is 8.53. The van der Waals surface area contributed by atoms with Crippen LogP contribution in [0.5, 0.6) is 5.75 Å². The second-order valence-corrected chi connectivity index (χ2v) is 6.13. The Morgan fingerprint density at radius 3 is 2.12 bits per heavy atom. The first-order chi connectivity index (χ1) is 11.7. The topological polar surface area (TPSA) is 42.9 Å². The summed E-state index contributed by atoms with van der Waals surface area (Å²) >= 11 is 0. The second kappa shape index (κ2) is 8.90. The average Bonchev–Trinajstić information content (AvgIpc) is 2.87. The van der Waals surface area contributed by atoms with Crippen molar-refractivity contribution in [1.82, 2.24) is 9.13 Å². The summed E-state index contributed by atoms with van der Waals surface area (Å²) < 4.78 is 9.99. The summed E-state index contributed by atoms with van der Waals surface area (Å²) in [5.74, 6) is 0.877. The first-order valence-electron chi connectivity index (χ1n) is 8.63. The van der Waals surface area contributed by atoms with Crippen molar-refractivity contribution in [3.05, 3.63) is 59.7 Å². The standard InChI is InChI=1S/C20H25N3O.BrH/c1-3-4-13-22-18-7-5-6-8-19(18)23(20(22)21)14-15-24-17-11-9-16(2)10-12-17;/h5-12,21H,3-4,13-15H2,1-2H3;1H/p-1. The van der Waals surface area contributed by atoms with Gasteiger partial charge in [-0.3, -0.25) is 5.41 Å². The lowest BCUT2D eigenvalue weighted by Gasteiger charge is -2.08. The quantitative estimate of drug-likeness (QED) is 0.631. The molecule has 0 bridgehead atoms. The summed E-state index contributed by atoms with van der Waals surface area (Å²) in [6.07, 6.45) is 2.22. The van der Waals surface area contributed by atoms with Gasteiger partial charge in [0.15, 0.2) is 0 Å². The summed E-state index contributed by atoms with van der Waals surface area (Å²) in [4.78, 5) is 0. The van der Waals surface area contributed by atoms with Crippen LogP contribution in [-0.4, -0.2) is 15.7 Å². The SMILES string of the molecule is CCCCn1c(=N)n(CCOc2ccc(C)cc2)c2ccccc21.[Br-]. The molecule has 3 aromatic rings. The van der Waals surface area contributed by atoms with E-state index < -0.39 is 0 Å². The van der Waals surface area contributed by atoms with E-state index >= 15 is 0 Å². The molecule has 0 saturated carbocycles. The van der Waals surface area contributed by atoms with Crippen LogP contribution in [0.4, 0.5) is 0 Å². The molecule has 3 rings (SSSR count). The van der Waals surface area contributed by atoms with Crippen LogP contribution in [0.3, 0.4) is 0 Å². The summed E-state index contributed by atoms with van der Waals surface area (Å²) in [5, 5.41) is 8.53. The van der Waals surface area contributed by atoms with E-state index in [1.54, 1.807) is 0 Å². The predicted octanol–water partition coefficient (Wildman–Crippen LogP) is 1.11. The molecule has 0 spiro atoms. The zero-order valence-electron chi connectivity index (χ0n) is 14.8. The fourth-order valence-electron chi connectivity index (χ4n) is 2.95. The molecule has 0 radical (unpaired) electrons. The molecule has 1 heterocycles. The van der Waals surface area contributed by atoms with Gasteiger partial charge in [-0.2, -0.15) is 0 Å². The molecule has 0 amide bonds. The minimum atomic E-state index is 0. The van der Waals surface area contributed by atoms with Gasteiger partial charge >= 0.3 is 0 Å².